The van der Waals surface area contributed by atoms with E-state index in [4.69, 9.17) is 16.3 Å². The second-order valence-electron chi connectivity index (χ2n) is 3.72. The molecule has 0 aliphatic rings. The number of halogens is 1. The van der Waals surface area contributed by atoms with Crippen LogP contribution in [-0.4, -0.2) is 24.1 Å². The van der Waals surface area contributed by atoms with Crippen molar-refractivity contribution in [1.29, 1.82) is 0 Å². The molecule has 4 nitrogen and oxygen atoms in total. The summed E-state index contributed by atoms with van der Waals surface area (Å²) in [4.78, 5) is 8.49. The number of nitrogens with one attached hydrogen (secondary N) is 1. The van der Waals surface area contributed by atoms with Gasteiger partial charge in [0.25, 0.3) is 0 Å². The maximum absolute atomic E-state index is 5.89. The maximum Gasteiger partial charge on any atom is 0.237 e. The first kappa shape index (κ1) is 12.8. The van der Waals surface area contributed by atoms with Crippen LogP contribution in [0, 0.1) is 0 Å². The minimum Gasteiger partial charge on any atom is -0.480 e. The van der Waals surface area contributed by atoms with Gasteiger partial charge in [0.05, 0.1) is 13.2 Å². The number of hydrogen-bond donors (Lipinski definition) is 1. The molecule has 2 aromatic rings. The minimum atomic E-state index is -0.0779. The molecule has 0 amide bonds. The van der Waals surface area contributed by atoms with Crippen molar-refractivity contribution in [2.75, 3.05) is 14.2 Å². The average Bonchev–Trinajstić information content (AvgIpc) is 2.42. The van der Waals surface area contributed by atoms with Crippen LogP contribution >= 0.6 is 11.6 Å². The highest BCUT2D eigenvalue weighted by Gasteiger charge is 2.18. The van der Waals surface area contributed by atoms with Gasteiger partial charge >= 0.3 is 0 Å². The van der Waals surface area contributed by atoms with E-state index in [9.17, 15) is 0 Å². The van der Waals surface area contributed by atoms with Crippen LogP contribution in [0.4, 0.5) is 0 Å². The molecule has 5 heteroatoms. The van der Waals surface area contributed by atoms with E-state index < -0.39 is 0 Å². The summed E-state index contributed by atoms with van der Waals surface area (Å²) < 4.78 is 5.23. The highest BCUT2D eigenvalue weighted by molar-refractivity contribution is 6.30. The first-order valence-corrected chi connectivity index (χ1v) is 5.91. The number of aromatic nitrogens is 2. The van der Waals surface area contributed by atoms with Gasteiger partial charge in [-0.05, 0) is 24.7 Å². The Hall–Kier alpha value is -1.65. The van der Waals surface area contributed by atoms with Crippen molar-refractivity contribution in [3.8, 4) is 5.88 Å². The van der Waals surface area contributed by atoms with Gasteiger partial charge in [0, 0.05) is 17.4 Å². The van der Waals surface area contributed by atoms with Gasteiger partial charge < -0.3 is 10.1 Å². The highest BCUT2D eigenvalue weighted by atomic mass is 35.5. The lowest BCUT2D eigenvalue weighted by molar-refractivity contribution is 0.384. The van der Waals surface area contributed by atoms with E-state index in [1.807, 2.05) is 31.3 Å². The largest absolute Gasteiger partial charge is 0.480 e. The summed E-state index contributed by atoms with van der Waals surface area (Å²) in [6.07, 6.45) is 3.26. The monoisotopic (exact) mass is 263 g/mol. The van der Waals surface area contributed by atoms with Gasteiger partial charge in [-0.15, -0.1) is 0 Å². The van der Waals surface area contributed by atoms with Gasteiger partial charge in [0.2, 0.25) is 5.88 Å². The Labute approximate surface area is 111 Å². The van der Waals surface area contributed by atoms with Crippen LogP contribution in [0.1, 0.15) is 17.3 Å². The molecule has 18 heavy (non-hydrogen) atoms. The first-order chi connectivity index (χ1) is 8.76. The van der Waals surface area contributed by atoms with Crippen LogP contribution in [0.3, 0.4) is 0 Å². The van der Waals surface area contributed by atoms with E-state index in [1.54, 1.807) is 19.5 Å². The van der Waals surface area contributed by atoms with E-state index in [1.165, 1.54) is 0 Å². The lowest BCUT2D eigenvalue weighted by atomic mass is 10.0. The molecule has 0 aliphatic carbocycles. The van der Waals surface area contributed by atoms with Crippen LogP contribution < -0.4 is 10.1 Å². The molecule has 1 aromatic heterocycles. The van der Waals surface area contributed by atoms with Crippen molar-refractivity contribution in [2.45, 2.75) is 6.04 Å². The second-order valence-corrected chi connectivity index (χ2v) is 4.16. The quantitative estimate of drug-likeness (QED) is 0.920. The topological polar surface area (TPSA) is 47.0 Å². The number of methoxy groups -OCH3 is 1. The first-order valence-electron chi connectivity index (χ1n) is 5.54. The Balaban J connectivity index is 2.41. The Morgan fingerprint density at radius 3 is 2.44 bits per heavy atom. The van der Waals surface area contributed by atoms with Gasteiger partial charge in [0.1, 0.15) is 5.69 Å². The molecule has 0 radical (unpaired) electrons. The van der Waals surface area contributed by atoms with Gasteiger partial charge in [-0.3, -0.25) is 4.98 Å². The van der Waals surface area contributed by atoms with Crippen LogP contribution in [0.2, 0.25) is 5.02 Å². The van der Waals surface area contributed by atoms with Crippen molar-refractivity contribution in [1.82, 2.24) is 15.3 Å². The molecule has 0 saturated carbocycles. The molecule has 0 aliphatic heterocycles. The fourth-order valence-corrected chi connectivity index (χ4v) is 1.93. The number of nitrogens with zero attached hydrogens (tertiary/aromatic N) is 2. The number of ether oxygens (including phenoxy) is 1. The molecular formula is C13H14ClN3O. The zero-order valence-corrected chi connectivity index (χ0v) is 11.0. The number of hydrogen-bond acceptors (Lipinski definition) is 4. The fourth-order valence-electron chi connectivity index (χ4n) is 1.81. The smallest absolute Gasteiger partial charge is 0.237 e. The Bertz CT molecular complexity index is 516. The standard InChI is InChI=1S/C13H14ClN3O/c1-15-11(9-3-5-10(14)6-4-9)12-13(18-2)17-8-7-16-12/h3-8,11,15H,1-2H3. The van der Waals surface area contributed by atoms with E-state index in [2.05, 4.69) is 15.3 Å². The van der Waals surface area contributed by atoms with Gasteiger partial charge in [0.15, 0.2) is 0 Å². The molecule has 1 unspecified atom stereocenters. The molecule has 0 fully saturated rings. The van der Waals surface area contributed by atoms with Gasteiger partial charge in [-0.2, -0.15) is 0 Å². The third kappa shape index (κ3) is 2.60. The van der Waals surface area contributed by atoms with Crippen LogP contribution in [0.25, 0.3) is 0 Å². The third-order valence-corrected chi connectivity index (χ3v) is 2.90. The van der Waals surface area contributed by atoms with Gasteiger partial charge in [-0.25, -0.2) is 4.98 Å². The minimum absolute atomic E-state index is 0.0779. The predicted molar refractivity (Wildman–Crippen MR) is 70.9 cm³/mol. The fraction of sp³-hybridized carbons (Fsp3) is 0.231. The maximum atomic E-state index is 5.89. The number of benzene rings is 1. The molecule has 1 heterocycles. The van der Waals surface area contributed by atoms with Crippen LogP contribution in [0.15, 0.2) is 36.7 Å². The summed E-state index contributed by atoms with van der Waals surface area (Å²) >= 11 is 5.89. The van der Waals surface area contributed by atoms with E-state index in [0.29, 0.717) is 10.9 Å². The average molecular weight is 264 g/mol. The van der Waals surface area contributed by atoms with Crippen LogP contribution in [-0.2, 0) is 0 Å². The summed E-state index contributed by atoms with van der Waals surface area (Å²) in [6.45, 7) is 0. The van der Waals surface area contributed by atoms with Crippen molar-refractivity contribution in [3.05, 3.63) is 52.9 Å². The summed E-state index contributed by atoms with van der Waals surface area (Å²) in [6, 6.07) is 7.54. The molecule has 0 saturated heterocycles. The van der Waals surface area contributed by atoms with E-state index in [-0.39, 0.29) is 6.04 Å². The Kier molecular flexibility index (Phi) is 4.12. The molecule has 94 valence electrons. The lowest BCUT2D eigenvalue weighted by Crippen LogP contribution is -2.20. The van der Waals surface area contributed by atoms with Crippen molar-refractivity contribution in [2.24, 2.45) is 0 Å². The normalized spacial score (nSPS) is 12.2. The lowest BCUT2D eigenvalue weighted by Gasteiger charge is -2.17. The summed E-state index contributed by atoms with van der Waals surface area (Å²) in [5.74, 6) is 0.520. The highest BCUT2D eigenvalue weighted by Crippen LogP contribution is 2.26. The predicted octanol–water partition coefficient (Wildman–Crippen LogP) is 2.45. The number of rotatable bonds is 4. The third-order valence-electron chi connectivity index (χ3n) is 2.65. The SMILES string of the molecule is CNC(c1ccc(Cl)cc1)c1nccnc1OC. The summed E-state index contributed by atoms with van der Waals surface area (Å²) in [5, 5.41) is 3.91. The van der Waals surface area contributed by atoms with E-state index in [0.717, 1.165) is 11.3 Å². The Morgan fingerprint density at radius 1 is 1.17 bits per heavy atom. The molecule has 0 spiro atoms. The summed E-state index contributed by atoms with van der Waals surface area (Å²) in [7, 11) is 3.45. The second kappa shape index (κ2) is 5.80. The van der Waals surface area contributed by atoms with Gasteiger partial charge in [-0.1, -0.05) is 23.7 Å². The summed E-state index contributed by atoms with van der Waals surface area (Å²) in [5.41, 5.74) is 1.81. The zero-order chi connectivity index (χ0) is 13.0. The molecule has 1 N–H and O–H groups in total. The zero-order valence-electron chi connectivity index (χ0n) is 10.2. The van der Waals surface area contributed by atoms with Crippen molar-refractivity contribution in [3.63, 3.8) is 0 Å². The molecule has 1 aromatic carbocycles. The van der Waals surface area contributed by atoms with Crippen molar-refractivity contribution >= 4 is 11.6 Å². The van der Waals surface area contributed by atoms with Crippen molar-refractivity contribution < 1.29 is 4.74 Å². The molecular weight excluding hydrogens is 250 g/mol. The molecule has 1 atom stereocenters. The Morgan fingerprint density at radius 2 is 1.83 bits per heavy atom. The van der Waals surface area contributed by atoms with Crippen LogP contribution in [0.5, 0.6) is 5.88 Å². The molecule has 2 rings (SSSR count). The van der Waals surface area contributed by atoms with E-state index >= 15 is 0 Å². The molecule has 0 bridgehead atoms.